The van der Waals surface area contributed by atoms with Gasteiger partial charge in [-0.1, -0.05) is 12.1 Å². The first-order chi connectivity index (χ1) is 16.3. The molecule has 0 saturated carbocycles. The minimum atomic E-state index is -1.00. The molecule has 10 heteroatoms. The molecule has 2 heterocycles. The summed E-state index contributed by atoms with van der Waals surface area (Å²) >= 11 is 0. The van der Waals surface area contributed by atoms with Crippen molar-refractivity contribution in [1.29, 1.82) is 0 Å². The number of nitrogens with one attached hydrogen (secondary N) is 2. The third-order valence-corrected chi connectivity index (χ3v) is 6.18. The van der Waals surface area contributed by atoms with Crippen LogP contribution in [-0.2, 0) is 25.6 Å². The lowest BCUT2D eigenvalue weighted by Gasteiger charge is -2.27. The molecule has 1 aromatic rings. The average Bonchev–Trinajstić information content (AvgIpc) is 3.07. The van der Waals surface area contributed by atoms with E-state index in [0.29, 0.717) is 38.0 Å². The third kappa shape index (κ3) is 5.32. The quantitative estimate of drug-likeness (QED) is 0.384. The molecule has 182 valence electrons. The van der Waals surface area contributed by atoms with E-state index in [1.165, 1.54) is 0 Å². The van der Waals surface area contributed by atoms with E-state index >= 15 is 0 Å². The van der Waals surface area contributed by atoms with Crippen molar-refractivity contribution in [2.75, 3.05) is 19.6 Å². The molecule has 0 spiro atoms. The lowest BCUT2D eigenvalue weighted by Crippen LogP contribution is -2.54. The van der Waals surface area contributed by atoms with Gasteiger partial charge in [0.05, 0.1) is 11.1 Å². The number of aryl methyl sites for hydroxylation is 1. The summed E-state index contributed by atoms with van der Waals surface area (Å²) in [7, 11) is 0. The van der Waals surface area contributed by atoms with Gasteiger partial charge < -0.3 is 10.2 Å². The molecule has 0 aliphatic carbocycles. The van der Waals surface area contributed by atoms with Crippen molar-refractivity contribution in [2.45, 2.75) is 58.4 Å². The average molecular weight is 471 g/mol. The molecule has 0 aromatic heterocycles. The standard InChI is InChI=1S/C24H30N4O6/c1-3-27(4-2)20(31)13-12-18(29)25-14-6-8-15-7-5-9-16-21(15)24(34)28(23(16)33)17-10-11-19(30)26-22(17)32/h5,7,9,17H,3-4,6,8,10-14H2,1-2H3,(H,25,29)(H,26,30,32). The molecule has 1 fully saturated rings. The Labute approximate surface area is 198 Å². The van der Waals surface area contributed by atoms with Gasteiger partial charge >= 0.3 is 0 Å². The summed E-state index contributed by atoms with van der Waals surface area (Å²) in [6.07, 6.45) is 1.43. The highest BCUT2D eigenvalue weighted by Gasteiger charge is 2.45. The van der Waals surface area contributed by atoms with Crippen LogP contribution in [0.15, 0.2) is 18.2 Å². The molecule has 0 bridgehead atoms. The van der Waals surface area contributed by atoms with Crippen LogP contribution in [0.4, 0.5) is 0 Å². The maximum Gasteiger partial charge on any atom is 0.262 e. The van der Waals surface area contributed by atoms with Crippen LogP contribution < -0.4 is 10.6 Å². The number of fused-ring (bicyclic) bond motifs is 1. The van der Waals surface area contributed by atoms with Gasteiger partial charge in [0.2, 0.25) is 23.6 Å². The lowest BCUT2D eigenvalue weighted by atomic mass is 9.99. The van der Waals surface area contributed by atoms with E-state index < -0.39 is 29.7 Å². The Hall–Kier alpha value is -3.56. The molecule has 2 N–H and O–H groups in total. The van der Waals surface area contributed by atoms with Crippen molar-refractivity contribution in [2.24, 2.45) is 0 Å². The fourth-order valence-electron chi connectivity index (χ4n) is 4.34. The monoisotopic (exact) mass is 470 g/mol. The minimum Gasteiger partial charge on any atom is -0.356 e. The Bertz CT molecular complexity index is 1020. The fraction of sp³-hybridized carbons (Fsp3) is 0.500. The molecule has 2 aliphatic heterocycles. The van der Waals surface area contributed by atoms with Gasteiger partial charge in [-0.2, -0.15) is 0 Å². The van der Waals surface area contributed by atoms with Crippen LogP contribution in [0.2, 0.25) is 0 Å². The summed E-state index contributed by atoms with van der Waals surface area (Å²) in [5, 5.41) is 4.97. The normalized spacial score (nSPS) is 17.5. The number of amides is 6. The highest BCUT2D eigenvalue weighted by molar-refractivity contribution is 6.24. The second-order valence-corrected chi connectivity index (χ2v) is 8.31. The smallest absolute Gasteiger partial charge is 0.262 e. The van der Waals surface area contributed by atoms with Gasteiger partial charge in [-0.25, -0.2) is 0 Å². The van der Waals surface area contributed by atoms with E-state index in [1.807, 2.05) is 13.8 Å². The molecule has 1 unspecified atom stereocenters. The summed E-state index contributed by atoms with van der Waals surface area (Å²) in [4.78, 5) is 76.3. The van der Waals surface area contributed by atoms with Crippen LogP contribution in [0.25, 0.3) is 0 Å². The van der Waals surface area contributed by atoms with Gasteiger partial charge in [-0.15, -0.1) is 0 Å². The van der Waals surface area contributed by atoms with Gasteiger partial charge in [0.25, 0.3) is 11.8 Å². The molecule has 1 atom stereocenters. The maximum atomic E-state index is 13.1. The van der Waals surface area contributed by atoms with E-state index in [9.17, 15) is 28.8 Å². The third-order valence-electron chi connectivity index (χ3n) is 6.18. The summed E-state index contributed by atoms with van der Waals surface area (Å²) in [5.41, 5.74) is 1.18. The zero-order valence-corrected chi connectivity index (χ0v) is 19.5. The van der Waals surface area contributed by atoms with Crippen molar-refractivity contribution >= 4 is 35.4 Å². The first-order valence-electron chi connectivity index (χ1n) is 11.7. The van der Waals surface area contributed by atoms with Crippen molar-refractivity contribution in [3.63, 3.8) is 0 Å². The van der Waals surface area contributed by atoms with Crippen LogP contribution in [0.5, 0.6) is 0 Å². The summed E-state index contributed by atoms with van der Waals surface area (Å²) in [6, 6.07) is 3.99. The number of benzene rings is 1. The van der Waals surface area contributed by atoms with Gasteiger partial charge in [-0.05, 0) is 44.7 Å². The van der Waals surface area contributed by atoms with Crippen LogP contribution >= 0.6 is 0 Å². The fourth-order valence-corrected chi connectivity index (χ4v) is 4.34. The molecular weight excluding hydrogens is 440 g/mol. The molecule has 1 aromatic carbocycles. The zero-order valence-electron chi connectivity index (χ0n) is 19.5. The zero-order chi connectivity index (χ0) is 24.8. The first-order valence-corrected chi connectivity index (χ1v) is 11.7. The van der Waals surface area contributed by atoms with E-state index in [4.69, 9.17) is 0 Å². The summed E-state index contributed by atoms with van der Waals surface area (Å²) in [5.74, 6) is -2.41. The largest absolute Gasteiger partial charge is 0.356 e. The van der Waals surface area contributed by atoms with E-state index in [1.54, 1.807) is 23.1 Å². The predicted molar refractivity (Wildman–Crippen MR) is 122 cm³/mol. The van der Waals surface area contributed by atoms with Crippen LogP contribution in [-0.4, -0.2) is 70.9 Å². The molecule has 1 saturated heterocycles. The number of hydrogen-bond acceptors (Lipinski definition) is 6. The van der Waals surface area contributed by atoms with Gasteiger partial charge in [0.15, 0.2) is 0 Å². The number of carbonyl (C=O) groups is 6. The Morgan fingerprint density at radius 2 is 1.82 bits per heavy atom. The molecule has 6 amide bonds. The molecule has 0 radical (unpaired) electrons. The highest BCUT2D eigenvalue weighted by atomic mass is 16.2. The number of nitrogens with zero attached hydrogens (tertiary/aromatic N) is 2. The topological polar surface area (TPSA) is 133 Å². The Morgan fingerprint density at radius 3 is 2.50 bits per heavy atom. The molecule has 34 heavy (non-hydrogen) atoms. The van der Waals surface area contributed by atoms with Crippen molar-refractivity contribution in [1.82, 2.24) is 20.4 Å². The first kappa shape index (κ1) is 25.1. The van der Waals surface area contributed by atoms with Crippen molar-refractivity contribution in [3.05, 3.63) is 34.9 Å². The Balaban J connectivity index is 1.55. The maximum absolute atomic E-state index is 13.1. The van der Waals surface area contributed by atoms with E-state index in [0.717, 1.165) is 4.90 Å². The van der Waals surface area contributed by atoms with Crippen molar-refractivity contribution in [3.8, 4) is 0 Å². The minimum absolute atomic E-state index is 0.0521. The molecule has 10 nitrogen and oxygen atoms in total. The van der Waals surface area contributed by atoms with Crippen molar-refractivity contribution < 1.29 is 28.8 Å². The number of hydrogen-bond donors (Lipinski definition) is 2. The predicted octanol–water partition coefficient (Wildman–Crippen LogP) is 0.785. The van der Waals surface area contributed by atoms with Gasteiger partial charge in [0.1, 0.15) is 6.04 Å². The molecule has 3 rings (SSSR count). The summed E-state index contributed by atoms with van der Waals surface area (Å²) < 4.78 is 0. The second-order valence-electron chi connectivity index (χ2n) is 8.31. The van der Waals surface area contributed by atoms with Gasteiger partial charge in [0, 0.05) is 38.9 Å². The number of imide groups is 2. The van der Waals surface area contributed by atoms with Gasteiger partial charge in [-0.3, -0.25) is 39.0 Å². The lowest BCUT2D eigenvalue weighted by molar-refractivity contribution is -0.136. The van der Waals surface area contributed by atoms with E-state index in [-0.39, 0.29) is 48.6 Å². The van der Waals surface area contributed by atoms with Crippen LogP contribution in [0.3, 0.4) is 0 Å². The molecular formula is C24H30N4O6. The number of piperidine rings is 1. The summed E-state index contributed by atoms with van der Waals surface area (Å²) in [6.45, 7) is 5.37. The SMILES string of the molecule is CCN(CC)C(=O)CCC(=O)NCCCc1cccc2c1C(=O)N(C1CCC(=O)NC1=O)C2=O. The Kier molecular flexibility index (Phi) is 8.14. The second kappa shape index (κ2) is 11.0. The number of carbonyl (C=O) groups excluding carboxylic acids is 6. The van der Waals surface area contributed by atoms with Crippen LogP contribution in [0, 0.1) is 0 Å². The number of rotatable bonds is 10. The van der Waals surface area contributed by atoms with E-state index in [2.05, 4.69) is 10.6 Å². The highest BCUT2D eigenvalue weighted by Crippen LogP contribution is 2.30. The van der Waals surface area contributed by atoms with Crippen LogP contribution in [0.1, 0.15) is 72.2 Å². The molecule has 2 aliphatic rings. The Morgan fingerprint density at radius 1 is 1.09 bits per heavy atom.